The number of ether oxygens (including phenoxy) is 3. The normalized spacial score (nSPS) is 15.8. The predicted molar refractivity (Wildman–Crippen MR) is 131 cm³/mol. The minimum atomic E-state index is -0.931. The van der Waals surface area contributed by atoms with E-state index in [1.807, 2.05) is 19.1 Å². The summed E-state index contributed by atoms with van der Waals surface area (Å²) < 4.78 is 43.1. The van der Waals surface area contributed by atoms with Gasteiger partial charge in [0.1, 0.15) is 18.1 Å². The number of benzene rings is 2. The summed E-state index contributed by atoms with van der Waals surface area (Å²) in [4.78, 5) is 4.20. The Bertz CT molecular complexity index is 893. The first kappa shape index (κ1) is 26.1. The van der Waals surface area contributed by atoms with Gasteiger partial charge in [0.25, 0.3) is 0 Å². The quantitative estimate of drug-likeness (QED) is 0.210. The lowest BCUT2D eigenvalue weighted by atomic mass is 10.1. The molecule has 1 aliphatic heterocycles. The molecule has 0 aliphatic carbocycles. The molecular formula is C23H30F2IN3O3. The molecule has 0 spiro atoms. The largest absolute Gasteiger partial charge is 0.493 e. The molecule has 0 radical (unpaired) electrons. The Kier molecular flexibility index (Phi) is 10.9. The third-order valence-electron chi connectivity index (χ3n) is 4.95. The Morgan fingerprint density at radius 2 is 1.97 bits per heavy atom. The van der Waals surface area contributed by atoms with Crippen molar-refractivity contribution in [3.8, 4) is 11.5 Å². The molecule has 32 heavy (non-hydrogen) atoms. The lowest BCUT2D eigenvalue weighted by Gasteiger charge is -2.17. The van der Waals surface area contributed by atoms with Gasteiger partial charge in [-0.05, 0) is 37.1 Å². The summed E-state index contributed by atoms with van der Waals surface area (Å²) in [5, 5.41) is 6.39. The van der Waals surface area contributed by atoms with E-state index in [1.165, 1.54) is 6.07 Å². The van der Waals surface area contributed by atoms with E-state index in [9.17, 15) is 8.78 Å². The van der Waals surface area contributed by atoms with Crippen molar-refractivity contribution >= 4 is 29.9 Å². The molecule has 1 fully saturated rings. The van der Waals surface area contributed by atoms with Crippen LogP contribution in [0.25, 0.3) is 0 Å². The summed E-state index contributed by atoms with van der Waals surface area (Å²) in [7, 11) is 1.68. The van der Waals surface area contributed by atoms with E-state index >= 15 is 0 Å². The molecule has 6 nitrogen and oxygen atoms in total. The topological polar surface area (TPSA) is 64.1 Å². The molecule has 9 heteroatoms. The number of rotatable bonds is 9. The third kappa shape index (κ3) is 8.09. The molecule has 2 N–H and O–H groups in total. The molecule has 3 rings (SSSR count). The molecule has 0 bridgehead atoms. The second kappa shape index (κ2) is 13.4. The van der Waals surface area contributed by atoms with Gasteiger partial charge in [-0.1, -0.05) is 12.1 Å². The van der Waals surface area contributed by atoms with Crippen molar-refractivity contribution < 1.29 is 23.0 Å². The predicted octanol–water partition coefficient (Wildman–Crippen LogP) is 4.05. The fourth-order valence-corrected chi connectivity index (χ4v) is 3.17. The number of hydrogen-bond donors (Lipinski definition) is 2. The van der Waals surface area contributed by atoms with E-state index in [0.29, 0.717) is 31.6 Å². The van der Waals surface area contributed by atoms with Gasteiger partial charge in [-0.15, -0.1) is 24.0 Å². The second-order valence-electron chi connectivity index (χ2n) is 7.43. The van der Waals surface area contributed by atoms with Crippen LogP contribution >= 0.6 is 24.0 Å². The smallest absolute Gasteiger partial charge is 0.191 e. The van der Waals surface area contributed by atoms with Crippen molar-refractivity contribution in [1.29, 1.82) is 0 Å². The summed E-state index contributed by atoms with van der Waals surface area (Å²) in [5.41, 5.74) is 2.17. The zero-order chi connectivity index (χ0) is 22.1. The van der Waals surface area contributed by atoms with Gasteiger partial charge in [0.15, 0.2) is 17.6 Å². The van der Waals surface area contributed by atoms with Crippen molar-refractivity contribution in [2.45, 2.75) is 19.9 Å². The van der Waals surface area contributed by atoms with Crippen molar-refractivity contribution in [3.05, 3.63) is 59.2 Å². The van der Waals surface area contributed by atoms with Crippen LogP contribution in [0.5, 0.6) is 11.5 Å². The van der Waals surface area contributed by atoms with Crippen molar-refractivity contribution in [2.24, 2.45) is 10.9 Å². The first-order valence-corrected chi connectivity index (χ1v) is 10.4. The molecule has 0 amide bonds. The van der Waals surface area contributed by atoms with E-state index < -0.39 is 11.6 Å². The number of nitrogens with one attached hydrogen (secondary N) is 2. The number of aliphatic imine (C=N–C) groups is 1. The Balaban J connectivity index is 0.00000363. The number of hydrogen-bond acceptors (Lipinski definition) is 4. The average Bonchev–Trinajstić information content (AvgIpc) is 3.29. The molecular weight excluding hydrogens is 531 g/mol. The highest BCUT2D eigenvalue weighted by Crippen LogP contribution is 2.22. The highest BCUT2D eigenvalue weighted by atomic mass is 127. The van der Waals surface area contributed by atoms with Crippen LogP contribution in [-0.4, -0.2) is 46.0 Å². The molecule has 1 unspecified atom stereocenters. The van der Waals surface area contributed by atoms with Crippen LogP contribution in [-0.2, 0) is 11.3 Å². The maximum Gasteiger partial charge on any atom is 0.191 e. The van der Waals surface area contributed by atoms with Crippen LogP contribution in [0.3, 0.4) is 0 Å². The number of aryl methyl sites for hydroxylation is 1. The average molecular weight is 561 g/mol. The monoisotopic (exact) mass is 561 g/mol. The minimum absolute atomic E-state index is 0. The molecule has 2 aromatic rings. The summed E-state index contributed by atoms with van der Waals surface area (Å²) in [6.07, 6.45) is 1.03. The van der Waals surface area contributed by atoms with Crippen LogP contribution in [0.2, 0.25) is 0 Å². The highest BCUT2D eigenvalue weighted by Gasteiger charge is 2.17. The van der Waals surface area contributed by atoms with Gasteiger partial charge in [0.2, 0.25) is 0 Å². The molecule has 0 aromatic heterocycles. The Labute approximate surface area is 204 Å². The van der Waals surface area contributed by atoms with Gasteiger partial charge in [0.05, 0.1) is 19.8 Å². The fraction of sp³-hybridized carbons (Fsp3) is 0.435. The molecule has 1 saturated heterocycles. The highest BCUT2D eigenvalue weighted by molar-refractivity contribution is 14.0. The summed E-state index contributed by atoms with van der Waals surface area (Å²) >= 11 is 0. The molecule has 1 heterocycles. The van der Waals surface area contributed by atoms with Gasteiger partial charge in [-0.25, -0.2) is 8.78 Å². The van der Waals surface area contributed by atoms with Gasteiger partial charge >= 0.3 is 0 Å². The van der Waals surface area contributed by atoms with E-state index in [0.717, 1.165) is 48.6 Å². The SMILES string of the molecule is CN=C(NCCOc1ccc(F)c(F)c1)NCc1ccc(C)cc1OCC1CCOC1.I. The van der Waals surface area contributed by atoms with E-state index in [1.54, 1.807) is 7.05 Å². The fourth-order valence-electron chi connectivity index (χ4n) is 3.17. The van der Waals surface area contributed by atoms with E-state index in [-0.39, 0.29) is 36.3 Å². The maximum atomic E-state index is 13.2. The number of guanidine groups is 1. The van der Waals surface area contributed by atoms with Crippen LogP contribution < -0.4 is 20.1 Å². The standard InChI is InChI=1S/C23H29F2N3O3.HI/c1-16-3-4-18(22(11-16)31-15-17-7-9-29-14-17)13-28-23(26-2)27-8-10-30-19-5-6-20(24)21(25)12-19;/h3-6,11-12,17H,7-10,13-15H2,1-2H3,(H2,26,27,28);1H. The van der Waals surface area contributed by atoms with E-state index in [4.69, 9.17) is 14.2 Å². The summed E-state index contributed by atoms with van der Waals surface area (Å²) in [6, 6.07) is 9.59. The zero-order valence-corrected chi connectivity index (χ0v) is 20.7. The lowest BCUT2D eigenvalue weighted by molar-refractivity contribution is 0.166. The molecule has 1 aliphatic rings. The van der Waals surface area contributed by atoms with Crippen LogP contribution in [0.1, 0.15) is 17.5 Å². The van der Waals surface area contributed by atoms with Gasteiger partial charge < -0.3 is 24.8 Å². The van der Waals surface area contributed by atoms with Gasteiger partial charge in [-0.2, -0.15) is 0 Å². The van der Waals surface area contributed by atoms with Crippen LogP contribution in [0.15, 0.2) is 41.4 Å². The van der Waals surface area contributed by atoms with E-state index in [2.05, 4.69) is 21.7 Å². The van der Waals surface area contributed by atoms with Gasteiger partial charge in [-0.3, -0.25) is 4.99 Å². The number of nitrogens with zero attached hydrogens (tertiary/aromatic N) is 1. The third-order valence-corrected chi connectivity index (χ3v) is 4.95. The number of halogens is 3. The lowest BCUT2D eigenvalue weighted by Crippen LogP contribution is -2.39. The summed E-state index contributed by atoms with van der Waals surface area (Å²) in [6.45, 7) is 5.49. The molecule has 176 valence electrons. The first-order chi connectivity index (χ1) is 15.0. The van der Waals surface area contributed by atoms with Crippen molar-refractivity contribution in [2.75, 3.05) is 40.0 Å². The molecule has 1 atom stereocenters. The Morgan fingerprint density at radius 1 is 1.12 bits per heavy atom. The van der Waals surface area contributed by atoms with Gasteiger partial charge in [0, 0.05) is 37.7 Å². The molecule has 0 saturated carbocycles. The Hall–Kier alpha value is -2.14. The second-order valence-corrected chi connectivity index (χ2v) is 7.43. The first-order valence-electron chi connectivity index (χ1n) is 10.4. The Morgan fingerprint density at radius 3 is 2.69 bits per heavy atom. The van der Waals surface area contributed by atoms with Crippen LogP contribution in [0, 0.1) is 24.5 Å². The summed E-state index contributed by atoms with van der Waals surface area (Å²) in [5.74, 6) is 0.342. The zero-order valence-electron chi connectivity index (χ0n) is 18.3. The van der Waals surface area contributed by atoms with Crippen LogP contribution in [0.4, 0.5) is 8.78 Å². The minimum Gasteiger partial charge on any atom is -0.493 e. The molecule has 2 aromatic carbocycles. The van der Waals surface area contributed by atoms with Crippen molar-refractivity contribution in [3.63, 3.8) is 0 Å². The maximum absolute atomic E-state index is 13.2. The van der Waals surface area contributed by atoms with Crippen molar-refractivity contribution in [1.82, 2.24) is 10.6 Å².